The Kier molecular flexibility index (Phi) is 4.68. The number of carbonyl (C=O) groups excluding carboxylic acids is 1. The summed E-state index contributed by atoms with van der Waals surface area (Å²) in [6.07, 6.45) is -0.0667. The number of ketones is 1. The highest BCUT2D eigenvalue weighted by atomic mass is 35.5. The molecular formula is C10H8ClF3OS. The third kappa shape index (κ3) is 4.45. The highest BCUT2D eigenvalue weighted by Gasteiger charge is 2.30. The molecule has 0 saturated carbocycles. The maximum Gasteiger partial charge on any atom is 0.446 e. The number of hydrogen-bond donors (Lipinski definition) is 0. The fourth-order valence-electron chi connectivity index (χ4n) is 1.13. The molecular weight excluding hydrogens is 261 g/mol. The van der Waals surface area contributed by atoms with Crippen LogP contribution in [0.2, 0.25) is 0 Å². The molecule has 0 saturated heterocycles. The SMILES string of the molecule is O=C(CCl)Cc1ccccc1SC(F)(F)F. The summed E-state index contributed by atoms with van der Waals surface area (Å²) in [7, 11) is 0. The third-order valence-corrected chi connectivity index (χ3v) is 2.88. The van der Waals surface area contributed by atoms with E-state index in [0.717, 1.165) is 0 Å². The standard InChI is InChI=1S/C10H8ClF3OS/c11-6-8(15)5-7-3-1-2-4-9(7)16-10(12,13)14/h1-4H,5-6H2. The number of hydrogen-bond acceptors (Lipinski definition) is 2. The molecule has 0 unspecified atom stereocenters. The average molecular weight is 269 g/mol. The van der Waals surface area contributed by atoms with Gasteiger partial charge in [-0.1, -0.05) is 18.2 Å². The second kappa shape index (κ2) is 5.59. The summed E-state index contributed by atoms with van der Waals surface area (Å²) in [5.41, 5.74) is -3.99. The highest BCUT2D eigenvalue weighted by Crippen LogP contribution is 2.38. The van der Waals surface area contributed by atoms with Gasteiger partial charge in [-0.2, -0.15) is 13.2 Å². The predicted molar refractivity (Wildman–Crippen MR) is 57.8 cm³/mol. The van der Waals surface area contributed by atoms with Crippen molar-refractivity contribution in [3.8, 4) is 0 Å². The summed E-state index contributed by atoms with van der Waals surface area (Å²) in [4.78, 5) is 11.1. The van der Waals surface area contributed by atoms with Crippen LogP contribution in [-0.4, -0.2) is 17.2 Å². The first-order valence-electron chi connectivity index (χ1n) is 4.33. The number of alkyl halides is 4. The van der Waals surface area contributed by atoms with E-state index in [4.69, 9.17) is 11.6 Å². The number of Topliss-reactive ketones (excluding diaryl/α,β-unsaturated/α-hetero) is 1. The molecule has 6 heteroatoms. The van der Waals surface area contributed by atoms with E-state index < -0.39 is 5.51 Å². The topological polar surface area (TPSA) is 17.1 Å². The molecule has 0 amide bonds. The molecule has 0 spiro atoms. The van der Waals surface area contributed by atoms with Gasteiger partial charge in [0.15, 0.2) is 5.78 Å². The molecule has 0 radical (unpaired) electrons. The van der Waals surface area contributed by atoms with E-state index >= 15 is 0 Å². The van der Waals surface area contributed by atoms with Crippen LogP contribution < -0.4 is 0 Å². The van der Waals surface area contributed by atoms with E-state index in [-0.39, 0.29) is 34.7 Å². The van der Waals surface area contributed by atoms with Crippen molar-refractivity contribution in [1.29, 1.82) is 0 Å². The van der Waals surface area contributed by atoms with Crippen molar-refractivity contribution in [3.05, 3.63) is 29.8 Å². The van der Waals surface area contributed by atoms with E-state index in [9.17, 15) is 18.0 Å². The van der Waals surface area contributed by atoms with Crippen molar-refractivity contribution >= 4 is 29.1 Å². The van der Waals surface area contributed by atoms with E-state index in [1.165, 1.54) is 18.2 Å². The second-order valence-corrected chi connectivity index (χ2v) is 4.38. The van der Waals surface area contributed by atoms with E-state index in [1.54, 1.807) is 6.07 Å². The monoisotopic (exact) mass is 268 g/mol. The molecule has 1 nitrogen and oxygen atoms in total. The van der Waals surface area contributed by atoms with Gasteiger partial charge in [-0.05, 0) is 23.4 Å². The lowest BCUT2D eigenvalue weighted by Crippen LogP contribution is -2.06. The molecule has 0 aliphatic carbocycles. The minimum Gasteiger partial charge on any atom is -0.298 e. The smallest absolute Gasteiger partial charge is 0.298 e. The van der Waals surface area contributed by atoms with Gasteiger partial charge in [-0.15, -0.1) is 11.6 Å². The Morgan fingerprint density at radius 3 is 2.50 bits per heavy atom. The Labute approximate surface area is 100.0 Å². The van der Waals surface area contributed by atoms with Crippen molar-refractivity contribution in [3.63, 3.8) is 0 Å². The lowest BCUT2D eigenvalue weighted by Gasteiger charge is -2.09. The van der Waals surface area contributed by atoms with Gasteiger partial charge in [0.2, 0.25) is 0 Å². The molecule has 0 N–H and O–H groups in total. The van der Waals surface area contributed by atoms with Crippen LogP contribution in [0.1, 0.15) is 5.56 Å². The van der Waals surface area contributed by atoms with Crippen molar-refractivity contribution in [1.82, 2.24) is 0 Å². The quantitative estimate of drug-likeness (QED) is 0.612. The molecule has 16 heavy (non-hydrogen) atoms. The normalized spacial score (nSPS) is 11.5. The van der Waals surface area contributed by atoms with Crippen LogP contribution in [0, 0.1) is 0 Å². The largest absolute Gasteiger partial charge is 0.446 e. The molecule has 0 aromatic heterocycles. The van der Waals surface area contributed by atoms with Gasteiger partial charge in [-0.3, -0.25) is 4.79 Å². The zero-order valence-electron chi connectivity index (χ0n) is 8.05. The van der Waals surface area contributed by atoms with Gasteiger partial charge in [0, 0.05) is 11.3 Å². The molecule has 0 aliphatic heterocycles. The molecule has 0 heterocycles. The Morgan fingerprint density at radius 2 is 1.94 bits per heavy atom. The zero-order chi connectivity index (χ0) is 12.2. The van der Waals surface area contributed by atoms with E-state index in [0.29, 0.717) is 5.56 Å². The summed E-state index contributed by atoms with van der Waals surface area (Å²) in [6.45, 7) is 0. The van der Waals surface area contributed by atoms with Crippen LogP contribution in [0.15, 0.2) is 29.2 Å². The first-order chi connectivity index (χ1) is 7.42. The number of carbonyl (C=O) groups is 1. The van der Waals surface area contributed by atoms with Gasteiger partial charge >= 0.3 is 5.51 Å². The first kappa shape index (κ1) is 13.4. The van der Waals surface area contributed by atoms with Crippen molar-refractivity contribution in [2.45, 2.75) is 16.8 Å². The molecule has 0 atom stereocenters. The van der Waals surface area contributed by atoms with Gasteiger partial charge < -0.3 is 0 Å². The fraction of sp³-hybridized carbons (Fsp3) is 0.300. The molecule has 0 bridgehead atoms. The van der Waals surface area contributed by atoms with Crippen molar-refractivity contribution in [2.75, 3.05) is 5.88 Å². The minimum absolute atomic E-state index is 0.0495. The summed E-state index contributed by atoms with van der Waals surface area (Å²) in [5, 5.41) is 0. The maximum absolute atomic E-state index is 12.2. The van der Waals surface area contributed by atoms with Crippen LogP contribution in [0.3, 0.4) is 0 Å². The number of rotatable bonds is 4. The van der Waals surface area contributed by atoms with Gasteiger partial charge in [0.05, 0.1) is 5.88 Å². The van der Waals surface area contributed by atoms with E-state index in [1.807, 2.05) is 0 Å². The highest BCUT2D eigenvalue weighted by molar-refractivity contribution is 8.00. The van der Waals surface area contributed by atoms with E-state index in [2.05, 4.69) is 0 Å². The molecule has 0 fully saturated rings. The molecule has 88 valence electrons. The molecule has 1 aromatic carbocycles. The van der Waals surface area contributed by atoms with Gasteiger partial charge in [-0.25, -0.2) is 0 Å². The van der Waals surface area contributed by atoms with Crippen LogP contribution >= 0.6 is 23.4 Å². The zero-order valence-corrected chi connectivity index (χ0v) is 9.62. The number of benzene rings is 1. The Morgan fingerprint density at radius 1 is 1.31 bits per heavy atom. The minimum atomic E-state index is -4.35. The van der Waals surface area contributed by atoms with Crippen LogP contribution in [0.5, 0.6) is 0 Å². The Balaban J connectivity index is 2.87. The van der Waals surface area contributed by atoms with Crippen molar-refractivity contribution < 1.29 is 18.0 Å². The summed E-state index contributed by atoms with van der Waals surface area (Å²) >= 11 is 5.09. The summed E-state index contributed by atoms with van der Waals surface area (Å²) in [6, 6.07) is 5.94. The maximum atomic E-state index is 12.2. The first-order valence-corrected chi connectivity index (χ1v) is 5.69. The summed E-state index contributed by atoms with van der Waals surface area (Å²) < 4.78 is 36.6. The van der Waals surface area contributed by atoms with Crippen LogP contribution in [0.25, 0.3) is 0 Å². The lowest BCUT2D eigenvalue weighted by atomic mass is 10.1. The lowest BCUT2D eigenvalue weighted by molar-refractivity contribution is -0.116. The summed E-state index contributed by atoms with van der Waals surface area (Å²) in [5.74, 6) is -0.484. The van der Waals surface area contributed by atoms with Crippen molar-refractivity contribution in [2.24, 2.45) is 0 Å². The Hall–Kier alpha value is -0.680. The molecule has 0 aliphatic rings. The number of thioether (sulfide) groups is 1. The second-order valence-electron chi connectivity index (χ2n) is 3.00. The predicted octanol–water partition coefficient (Wildman–Crippen LogP) is 3.65. The Bertz CT molecular complexity index is 379. The number of halogens is 4. The average Bonchev–Trinajstić information content (AvgIpc) is 2.18. The van der Waals surface area contributed by atoms with Gasteiger partial charge in [0.25, 0.3) is 0 Å². The fourth-order valence-corrected chi connectivity index (χ4v) is 1.90. The van der Waals surface area contributed by atoms with Crippen LogP contribution in [0.4, 0.5) is 13.2 Å². The molecule has 1 aromatic rings. The third-order valence-electron chi connectivity index (χ3n) is 1.73. The van der Waals surface area contributed by atoms with Crippen LogP contribution in [-0.2, 0) is 11.2 Å². The molecule has 1 rings (SSSR count). The van der Waals surface area contributed by atoms with Gasteiger partial charge in [0.1, 0.15) is 0 Å².